The van der Waals surface area contributed by atoms with E-state index in [0.717, 1.165) is 23.3 Å². The van der Waals surface area contributed by atoms with E-state index < -0.39 is 0 Å². The first-order valence-electron chi connectivity index (χ1n) is 6.66. The third-order valence-corrected chi connectivity index (χ3v) is 3.08. The second kappa shape index (κ2) is 7.14. The number of rotatable bonds is 6. The molecule has 0 aliphatic carbocycles. The Balaban J connectivity index is 2.79. The minimum atomic E-state index is -0.0162. The summed E-state index contributed by atoms with van der Waals surface area (Å²) in [6, 6.07) is 6.03. The summed E-state index contributed by atoms with van der Waals surface area (Å²) < 4.78 is 5.71. The normalized spacial score (nSPS) is 12.1. The first-order chi connectivity index (χ1) is 8.95. The third-order valence-electron chi connectivity index (χ3n) is 3.08. The topological polar surface area (TPSA) is 55.6 Å². The fraction of sp³-hybridized carbons (Fsp3) is 0.533. The van der Waals surface area contributed by atoms with Crippen LogP contribution >= 0.6 is 0 Å². The van der Waals surface area contributed by atoms with E-state index in [-0.39, 0.29) is 18.6 Å². The molecule has 0 fully saturated rings. The van der Waals surface area contributed by atoms with Crippen molar-refractivity contribution in [1.82, 2.24) is 4.90 Å². The van der Waals surface area contributed by atoms with E-state index in [1.165, 1.54) is 0 Å². The zero-order valence-corrected chi connectivity index (χ0v) is 12.3. The van der Waals surface area contributed by atoms with Crippen LogP contribution in [0.5, 0.6) is 5.75 Å². The van der Waals surface area contributed by atoms with Crippen molar-refractivity contribution in [3.8, 4) is 5.75 Å². The second-order valence-electron chi connectivity index (χ2n) is 4.94. The van der Waals surface area contributed by atoms with Crippen LogP contribution in [0.1, 0.15) is 25.0 Å². The van der Waals surface area contributed by atoms with Crippen LogP contribution in [0.15, 0.2) is 18.2 Å². The Morgan fingerprint density at radius 2 is 2.16 bits per heavy atom. The van der Waals surface area contributed by atoms with Crippen LogP contribution in [0, 0.1) is 6.92 Å². The van der Waals surface area contributed by atoms with Gasteiger partial charge in [-0.1, -0.05) is 18.2 Å². The lowest BCUT2D eigenvalue weighted by Crippen LogP contribution is -2.31. The van der Waals surface area contributed by atoms with Crippen molar-refractivity contribution in [2.45, 2.75) is 33.2 Å². The van der Waals surface area contributed by atoms with Gasteiger partial charge in [0.2, 0.25) is 0 Å². The third kappa shape index (κ3) is 4.56. The molecule has 0 aromatic heterocycles. The van der Waals surface area contributed by atoms with Crippen molar-refractivity contribution in [3.63, 3.8) is 0 Å². The molecule has 4 heteroatoms. The number of benzene rings is 1. The average molecular weight is 264 g/mol. The molecule has 0 heterocycles. The van der Waals surface area contributed by atoms with Crippen LogP contribution in [0.3, 0.4) is 0 Å². The number of hydrogen-bond donors (Lipinski definition) is 1. The number of hydrogen-bond acceptors (Lipinski definition) is 3. The molecule has 1 amide bonds. The first-order valence-corrected chi connectivity index (χ1v) is 6.66. The molecule has 1 unspecified atom stereocenters. The van der Waals surface area contributed by atoms with Crippen LogP contribution in [0.2, 0.25) is 0 Å². The van der Waals surface area contributed by atoms with Crippen molar-refractivity contribution in [3.05, 3.63) is 29.3 Å². The smallest absolute Gasteiger partial charge is 0.260 e. The number of ether oxygens (including phenoxy) is 1. The molecule has 0 aliphatic rings. The maximum absolute atomic E-state index is 11.8. The van der Waals surface area contributed by atoms with Gasteiger partial charge < -0.3 is 15.4 Å². The summed E-state index contributed by atoms with van der Waals surface area (Å²) in [7, 11) is 1.77. The van der Waals surface area contributed by atoms with Crippen LogP contribution in [-0.4, -0.2) is 37.0 Å². The zero-order chi connectivity index (χ0) is 14.4. The Hall–Kier alpha value is -1.55. The SMILES string of the molecule is CCN(C)C(=O)COc1c(C)cccc1CC(C)N. The van der Waals surface area contributed by atoms with Crippen LogP contribution in [0.25, 0.3) is 0 Å². The molecule has 0 radical (unpaired) electrons. The Bertz CT molecular complexity index is 430. The monoisotopic (exact) mass is 264 g/mol. The molecule has 2 N–H and O–H groups in total. The fourth-order valence-electron chi connectivity index (χ4n) is 1.85. The molecule has 106 valence electrons. The second-order valence-corrected chi connectivity index (χ2v) is 4.94. The van der Waals surface area contributed by atoms with Gasteiger partial charge in [0.05, 0.1) is 0 Å². The Labute approximate surface area is 115 Å². The van der Waals surface area contributed by atoms with Gasteiger partial charge >= 0.3 is 0 Å². The predicted octanol–water partition coefficient (Wildman–Crippen LogP) is 1.74. The van der Waals surface area contributed by atoms with Gasteiger partial charge in [0.25, 0.3) is 5.91 Å². The molecule has 1 aromatic carbocycles. The molecule has 0 saturated carbocycles. The fourth-order valence-corrected chi connectivity index (χ4v) is 1.85. The first kappa shape index (κ1) is 15.5. The molecular weight excluding hydrogens is 240 g/mol. The van der Waals surface area contributed by atoms with Gasteiger partial charge in [-0.05, 0) is 38.3 Å². The molecular formula is C15H24N2O2. The van der Waals surface area contributed by atoms with E-state index in [9.17, 15) is 4.79 Å². The molecule has 0 saturated heterocycles. The summed E-state index contributed by atoms with van der Waals surface area (Å²) in [4.78, 5) is 13.4. The summed E-state index contributed by atoms with van der Waals surface area (Å²) in [6.07, 6.45) is 0.745. The largest absolute Gasteiger partial charge is 0.483 e. The van der Waals surface area contributed by atoms with Gasteiger partial charge in [-0.15, -0.1) is 0 Å². The highest BCUT2D eigenvalue weighted by Gasteiger charge is 2.12. The molecule has 4 nitrogen and oxygen atoms in total. The minimum absolute atomic E-state index is 0.0162. The summed E-state index contributed by atoms with van der Waals surface area (Å²) in [6.45, 7) is 6.63. The molecule has 1 atom stereocenters. The van der Waals surface area contributed by atoms with E-state index in [1.807, 2.05) is 39.0 Å². The zero-order valence-electron chi connectivity index (χ0n) is 12.3. The maximum atomic E-state index is 11.8. The van der Waals surface area contributed by atoms with E-state index in [2.05, 4.69) is 0 Å². The molecule has 0 spiro atoms. The lowest BCUT2D eigenvalue weighted by atomic mass is 10.0. The quantitative estimate of drug-likeness (QED) is 0.851. The van der Waals surface area contributed by atoms with Crippen molar-refractivity contribution >= 4 is 5.91 Å². The van der Waals surface area contributed by atoms with Crippen molar-refractivity contribution in [1.29, 1.82) is 0 Å². The Morgan fingerprint density at radius 3 is 2.74 bits per heavy atom. The summed E-state index contributed by atoms with van der Waals surface area (Å²) in [5, 5.41) is 0. The number of carbonyl (C=O) groups is 1. The highest BCUT2D eigenvalue weighted by Crippen LogP contribution is 2.24. The summed E-state index contributed by atoms with van der Waals surface area (Å²) in [5.74, 6) is 0.773. The highest BCUT2D eigenvalue weighted by molar-refractivity contribution is 5.77. The maximum Gasteiger partial charge on any atom is 0.260 e. The minimum Gasteiger partial charge on any atom is -0.483 e. The summed E-state index contributed by atoms with van der Waals surface area (Å²) in [5.41, 5.74) is 7.93. The standard InChI is InChI=1S/C15H24N2O2/c1-5-17(4)14(18)10-19-15-11(2)7-6-8-13(15)9-12(3)16/h6-8,12H,5,9-10,16H2,1-4H3. The van der Waals surface area contributed by atoms with E-state index in [4.69, 9.17) is 10.5 Å². The lowest BCUT2D eigenvalue weighted by molar-refractivity contribution is -0.131. The Morgan fingerprint density at radius 1 is 1.47 bits per heavy atom. The highest BCUT2D eigenvalue weighted by atomic mass is 16.5. The molecule has 0 bridgehead atoms. The van der Waals surface area contributed by atoms with Gasteiger partial charge in [-0.3, -0.25) is 4.79 Å². The van der Waals surface area contributed by atoms with E-state index in [1.54, 1.807) is 11.9 Å². The van der Waals surface area contributed by atoms with Gasteiger partial charge in [0.15, 0.2) is 6.61 Å². The summed E-state index contributed by atoms with van der Waals surface area (Å²) >= 11 is 0. The Kier molecular flexibility index (Phi) is 5.83. The van der Waals surface area contributed by atoms with Gasteiger partial charge in [0.1, 0.15) is 5.75 Å². The molecule has 0 aliphatic heterocycles. The number of amides is 1. The van der Waals surface area contributed by atoms with Gasteiger partial charge in [0, 0.05) is 19.6 Å². The van der Waals surface area contributed by atoms with Crippen molar-refractivity contribution in [2.75, 3.05) is 20.2 Å². The van der Waals surface area contributed by atoms with Crippen molar-refractivity contribution < 1.29 is 9.53 Å². The number of likely N-dealkylation sites (N-methyl/N-ethyl adjacent to an activating group) is 1. The van der Waals surface area contributed by atoms with Gasteiger partial charge in [-0.25, -0.2) is 0 Å². The van der Waals surface area contributed by atoms with Crippen molar-refractivity contribution in [2.24, 2.45) is 5.73 Å². The predicted molar refractivity (Wildman–Crippen MR) is 77.3 cm³/mol. The van der Waals surface area contributed by atoms with E-state index >= 15 is 0 Å². The van der Waals surface area contributed by atoms with Crippen LogP contribution < -0.4 is 10.5 Å². The number of nitrogens with two attached hydrogens (primary N) is 1. The molecule has 1 rings (SSSR count). The van der Waals surface area contributed by atoms with Crippen LogP contribution in [0.4, 0.5) is 0 Å². The van der Waals surface area contributed by atoms with Crippen LogP contribution in [-0.2, 0) is 11.2 Å². The number of aryl methyl sites for hydroxylation is 1. The number of carbonyl (C=O) groups excluding carboxylic acids is 1. The average Bonchev–Trinajstić information content (AvgIpc) is 2.36. The number of nitrogens with zero attached hydrogens (tertiary/aromatic N) is 1. The van der Waals surface area contributed by atoms with Gasteiger partial charge in [-0.2, -0.15) is 0 Å². The lowest BCUT2D eigenvalue weighted by Gasteiger charge is -2.18. The molecule has 1 aromatic rings. The number of para-hydroxylation sites is 1. The van der Waals surface area contributed by atoms with E-state index in [0.29, 0.717) is 6.54 Å². The molecule has 19 heavy (non-hydrogen) atoms.